The fourth-order valence-corrected chi connectivity index (χ4v) is 4.33. The quantitative estimate of drug-likeness (QED) is 0.827. The van der Waals surface area contributed by atoms with Crippen molar-refractivity contribution in [3.8, 4) is 0 Å². The number of fused-ring (bicyclic) bond motifs is 1. The van der Waals surface area contributed by atoms with Crippen molar-refractivity contribution < 1.29 is 9.53 Å². The van der Waals surface area contributed by atoms with E-state index in [1.807, 2.05) is 20.8 Å². The van der Waals surface area contributed by atoms with E-state index < -0.39 is 0 Å². The minimum absolute atomic E-state index is 0.0858. The first-order chi connectivity index (χ1) is 13.6. The molecule has 5 rings (SSSR count). The molecule has 0 spiro atoms. The molecule has 8 nitrogen and oxygen atoms in total. The molecule has 8 heteroatoms. The molecular weight excluding hydrogens is 356 g/mol. The Morgan fingerprint density at radius 1 is 1.21 bits per heavy atom. The Balaban J connectivity index is 1.38. The number of carbonyl (C=O) groups excluding carboxylic acids is 1. The summed E-state index contributed by atoms with van der Waals surface area (Å²) >= 11 is 0. The number of nitrogens with one attached hydrogen (secondary N) is 1. The summed E-state index contributed by atoms with van der Waals surface area (Å²) in [5.41, 5.74) is 2.58. The highest BCUT2D eigenvalue weighted by atomic mass is 16.5. The van der Waals surface area contributed by atoms with Crippen LogP contribution in [0.15, 0.2) is 0 Å². The van der Waals surface area contributed by atoms with Crippen LogP contribution in [0.1, 0.15) is 97.9 Å². The van der Waals surface area contributed by atoms with Gasteiger partial charge in [0.2, 0.25) is 0 Å². The van der Waals surface area contributed by atoms with Crippen LogP contribution in [0.4, 0.5) is 0 Å². The summed E-state index contributed by atoms with van der Waals surface area (Å²) in [6.07, 6.45) is 5.50. The van der Waals surface area contributed by atoms with Crippen LogP contribution < -0.4 is 5.32 Å². The molecule has 0 aromatic carbocycles. The number of rotatable bonds is 6. The summed E-state index contributed by atoms with van der Waals surface area (Å²) < 4.78 is 9.97. The maximum atomic E-state index is 13.1. The van der Waals surface area contributed by atoms with Gasteiger partial charge >= 0.3 is 0 Å². The van der Waals surface area contributed by atoms with E-state index in [9.17, 15) is 4.79 Å². The van der Waals surface area contributed by atoms with Crippen molar-refractivity contribution in [1.82, 2.24) is 29.9 Å². The first-order valence-corrected chi connectivity index (χ1v) is 10.5. The van der Waals surface area contributed by atoms with Crippen molar-refractivity contribution in [3.05, 3.63) is 28.6 Å². The fourth-order valence-electron chi connectivity index (χ4n) is 4.33. The smallest absolute Gasteiger partial charge is 0.270 e. The lowest BCUT2D eigenvalue weighted by Crippen LogP contribution is -2.29. The minimum Gasteiger partial charge on any atom is -0.369 e. The Labute approximate surface area is 164 Å². The minimum atomic E-state index is -0.0878. The van der Waals surface area contributed by atoms with Crippen molar-refractivity contribution in [2.45, 2.75) is 90.1 Å². The highest BCUT2D eigenvalue weighted by Gasteiger charge is 2.36. The molecule has 2 atom stereocenters. The van der Waals surface area contributed by atoms with Crippen molar-refractivity contribution in [1.29, 1.82) is 0 Å². The zero-order chi connectivity index (χ0) is 19.4. The first kappa shape index (κ1) is 17.8. The van der Waals surface area contributed by atoms with E-state index >= 15 is 0 Å². The van der Waals surface area contributed by atoms with Crippen LogP contribution in [0.25, 0.3) is 0 Å². The predicted molar refractivity (Wildman–Crippen MR) is 102 cm³/mol. The standard InChI is InChI=1S/C20H28N6O2/c1-4-25-18(15-9-11(2)28-12(3)17(15)24-25)20(27)21-10-16-22-23-19(13-5-6-13)26(16)14-7-8-14/h11-14H,4-10H2,1-3H3,(H,21,27)/t11-,12+/m0/s1. The van der Waals surface area contributed by atoms with E-state index in [4.69, 9.17) is 4.74 Å². The molecule has 28 heavy (non-hydrogen) atoms. The number of aromatic nitrogens is 5. The Hall–Kier alpha value is -2.22. The van der Waals surface area contributed by atoms with Crippen molar-refractivity contribution in [2.75, 3.05) is 0 Å². The maximum absolute atomic E-state index is 13.1. The summed E-state index contributed by atoms with van der Waals surface area (Å²) in [5, 5.41) is 16.6. The molecule has 3 aliphatic rings. The van der Waals surface area contributed by atoms with Gasteiger partial charge in [0, 0.05) is 30.5 Å². The van der Waals surface area contributed by atoms with E-state index in [1.54, 1.807) is 4.68 Å². The lowest BCUT2D eigenvalue weighted by Gasteiger charge is -2.24. The van der Waals surface area contributed by atoms with Crippen molar-refractivity contribution >= 4 is 5.91 Å². The summed E-state index contributed by atoms with van der Waals surface area (Å²) in [6.45, 7) is 7.11. The molecule has 1 aliphatic heterocycles. The maximum Gasteiger partial charge on any atom is 0.270 e. The first-order valence-electron chi connectivity index (χ1n) is 10.5. The van der Waals surface area contributed by atoms with Gasteiger partial charge in [0.15, 0.2) is 5.82 Å². The highest BCUT2D eigenvalue weighted by molar-refractivity contribution is 5.94. The summed E-state index contributed by atoms with van der Waals surface area (Å²) in [5.74, 6) is 2.46. The van der Waals surface area contributed by atoms with Crippen LogP contribution in [0.5, 0.6) is 0 Å². The van der Waals surface area contributed by atoms with Gasteiger partial charge in [-0.15, -0.1) is 10.2 Å². The second-order valence-corrected chi connectivity index (χ2v) is 8.35. The van der Waals surface area contributed by atoms with E-state index in [0.29, 0.717) is 37.2 Å². The predicted octanol–water partition coefficient (Wildman–Crippen LogP) is 2.66. The zero-order valence-corrected chi connectivity index (χ0v) is 16.8. The van der Waals surface area contributed by atoms with E-state index in [0.717, 1.165) is 22.9 Å². The van der Waals surface area contributed by atoms with Crippen LogP contribution in [-0.2, 0) is 24.2 Å². The van der Waals surface area contributed by atoms with Crippen LogP contribution in [0.3, 0.4) is 0 Å². The van der Waals surface area contributed by atoms with Gasteiger partial charge in [0.25, 0.3) is 5.91 Å². The number of hydrogen-bond acceptors (Lipinski definition) is 5. The normalized spacial score (nSPS) is 24.2. The van der Waals surface area contributed by atoms with E-state index in [1.165, 1.54) is 25.7 Å². The molecule has 2 saturated carbocycles. The number of nitrogens with zero attached hydrogens (tertiary/aromatic N) is 5. The average molecular weight is 384 g/mol. The number of aryl methyl sites for hydroxylation is 1. The second-order valence-electron chi connectivity index (χ2n) is 8.35. The molecule has 0 saturated heterocycles. The van der Waals surface area contributed by atoms with Gasteiger partial charge in [-0.25, -0.2) is 0 Å². The van der Waals surface area contributed by atoms with Gasteiger partial charge < -0.3 is 14.6 Å². The molecule has 1 N–H and O–H groups in total. The lowest BCUT2D eigenvalue weighted by molar-refractivity contribution is -0.00712. The summed E-state index contributed by atoms with van der Waals surface area (Å²) in [6, 6.07) is 0.519. The van der Waals surface area contributed by atoms with Gasteiger partial charge in [-0.05, 0) is 46.5 Å². The van der Waals surface area contributed by atoms with Crippen LogP contribution in [0, 0.1) is 0 Å². The average Bonchev–Trinajstić information content (AvgIpc) is 3.60. The largest absolute Gasteiger partial charge is 0.369 e. The molecule has 150 valence electrons. The molecule has 0 radical (unpaired) electrons. The van der Waals surface area contributed by atoms with Gasteiger partial charge in [-0.3, -0.25) is 9.48 Å². The molecule has 0 unspecified atom stereocenters. The highest BCUT2D eigenvalue weighted by Crippen LogP contribution is 2.44. The van der Waals surface area contributed by atoms with Crippen LogP contribution in [0.2, 0.25) is 0 Å². The van der Waals surface area contributed by atoms with Crippen LogP contribution >= 0.6 is 0 Å². The van der Waals surface area contributed by atoms with Gasteiger partial charge in [-0.2, -0.15) is 5.10 Å². The molecule has 2 aliphatic carbocycles. The molecule has 2 aromatic heterocycles. The number of amides is 1. The number of ether oxygens (including phenoxy) is 1. The number of carbonyl (C=O) groups is 1. The molecule has 0 bridgehead atoms. The molecule has 2 aromatic rings. The third-order valence-corrected chi connectivity index (χ3v) is 5.96. The van der Waals surface area contributed by atoms with Gasteiger partial charge in [-0.1, -0.05) is 0 Å². The molecule has 1 amide bonds. The number of hydrogen-bond donors (Lipinski definition) is 1. The van der Waals surface area contributed by atoms with Crippen LogP contribution in [-0.4, -0.2) is 36.6 Å². The Bertz CT molecular complexity index is 908. The summed E-state index contributed by atoms with van der Waals surface area (Å²) in [4.78, 5) is 13.1. The molecule has 2 fully saturated rings. The van der Waals surface area contributed by atoms with Gasteiger partial charge in [0.05, 0.1) is 24.4 Å². The Kier molecular flexibility index (Phi) is 4.26. The topological polar surface area (TPSA) is 86.9 Å². The van der Waals surface area contributed by atoms with Gasteiger partial charge in [0.1, 0.15) is 11.5 Å². The Morgan fingerprint density at radius 3 is 2.68 bits per heavy atom. The molecule has 3 heterocycles. The van der Waals surface area contributed by atoms with E-state index in [2.05, 4.69) is 25.2 Å². The van der Waals surface area contributed by atoms with Crippen molar-refractivity contribution in [3.63, 3.8) is 0 Å². The monoisotopic (exact) mass is 384 g/mol. The summed E-state index contributed by atoms with van der Waals surface area (Å²) in [7, 11) is 0. The SMILES string of the molecule is CCn1nc2c(c1C(=O)NCc1nnc(C3CC3)n1C1CC1)C[C@H](C)O[C@@H]2C. The Morgan fingerprint density at radius 2 is 2.00 bits per heavy atom. The molecular formula is C20H28N6O2. The zero-order valence-electron chi connectivity index (χ0n) is 16.8. The third kappa shape index (κ3) is 3.03. The third-order valence-electron chi connectivity index (χ3n) is 5.96. The second kappa shape index (κ2) is 6.69. The fraction of sp³-hybridized carbons (Fsp3) is 0.700. The van der Waals surface area contributed by atoms with E-state index in [-0.39, 0.29) is 18.1 Å². The lowest BCUT2D eigenvalue weighted by atomic mass is 9.99. The van der Waals surface area contributed by atoms with Crippen molar-refractivity contribution in [2.24, 2.45) is 0 Å².